The first kappa shape index (κ1) is 18.8. The van der Waals surface area contributed by atoms with Crippen LogP contribution in [0.3, 0.4) is 0 Å². The average molecular weight is 477 g/mol. The Kier molecular flexibility index (Phi) is 5.00. The van der Waals surface area contributed by atoms with Crippen LogP contribution in [0.2, 0.25) is 0 Å². The number of fused-ring (bicyclic) bond motifs is 1. The Balaban J connectivity index is 1.89. The predicted octanol–water partition coefficient (Wildman–Crippen LogP) is 4.32. The molecule has 0 unspecified atom stereocenters. The van der Waals surface area contributed by atoms with E-state index in [0.29, 0.717) is 26.5 Å². The maximum absolute atomic E-state index is 13.1. The van der Waals surface area contributed by atoms with Gasteiger partial charge in [-0.1, -0.05) is 42.5 Å². The third-order valence-electron chi connectivity index (χ3n) is 4.00. The fraction of sp³-hybridized carbons (Fsp3) is 0. The maximum atomic E-state index is 13.1. The first-order chi connectivity index (χ1) is 13.5. The zero-order valence-corrected chi connectivity index (χ0v) is 17.4. The molecule has 0 saturated heterocycles. The van der Waals surface area contributed by atoms with Crippen molar-refractivity contribution >= 4 is 54.4 Å². The number of nitrogens with one attached hydrogen (secondary N) is 1. The molecule has 4 aromatic rings. The van der Waals surface area contributed by atoms with Gasteiger partial charge >= 0.3 is 0 Å². The molecule has 0 spiro atoms. The molecule has 1 aromatic heterocycles. The number of aromatic amines is 1. The van der Waals surface area contributed by atoms with E-state index in [-0.39, 0.29) is 10.6 Å². The molecule has 28 heavy (non-hydrogen) atoms. The van der Waals surface area contributed by atoms with Crippen LogP contribution in [-0.4, -0.2) is 28.7 Å². The lowest BCUT2D eigenvalue weighted by molar-refractivity contribution is 0.469. The Morgan fingerprint density at radius 1 is 1.04 bits per heavy atom. The zero-order chi connectivity index (χ0) is 19.7. The third-order valence-corrected chi connectivity index (χ3v) is 7.93. The van der Waals surface area contributed by atoms with E-state index in [1.165, 1.54) is 18.5 Å². The van der Waals surface area contributed by atoms with Crippen LogP contribution in [0.1, 0.15) is 0 Å². The molecule has 0 atom stereocenters. The molecule has 0 aliphatic heterocycles. The number of H-pyrrole nitrogens is 1. The van der Waals surface area contributed by atoms with Gasteiger partial charge in [-0.3, -0.25) is 5.10 Å². The first-order valence-electron chi connectivity index (χ1n) is 8.02. The summed E-state index contributed by atoms with van der Waals surface area (Å²) in [7, 11) is -3.85. The molecule has 0 fully saturated rings. The normalized spacial score (nSPS) is 11.6. The van der Waals surface area contributed by atoms with Crippen molar-refractivity contribution in [1.82, 2.24) is 15.2 Å². The number of hydrogen-bond donors (Lipinski definition) is 2. The van der Waals surface area contributed by atoms with E-state index in [2.05, 4.69) is 31.3 Å². The summed E-state index contributed by atoms with van der Waals surface area (Å²) in [5.41, 5.74) is 0.374. The molecule has 0 bridgehead atoms. The number of benzene rings is 3. The molecule has 7 nitrogen and oxygen atoms in total. The number of aromatic nitrogens is 3. The molecule has 2 N–H and O–H groups in total. The van der Waals surface area contributed by atoms with Crippen LogP contribution in [0.5, 0.6) is 5.75 Å². The Morgan fingerprint density at radius 3 is 2.39 bits per heavy atom. The van der Waals surface area contributed by atoms with Crippen molar-refractivity contribution in [3.63, 3.8) is 0 Å². The minimum Gasteiger partial charge on any atom is -0.506 e. The maximum Gasteiger partial charge on any atom is 0.273 e. The summed E-state index contributed by atoms with van der Waals surface area (Å²) in [5, 5.41) is 18.8. The van der Waals surface area contributed by atoms with Gasteiger partial charge in [0.15, 0.2) is 5.16 Å². The van der Waals surface area contributed by atoms with Gasteiger partial charge in [0.25, 0.3) is 10.0 Å². The largest absolute Gasteiger partial charge is 0.506 e. The highest BCUT2D eigenvalue weighted by Gasteiger charge is 2.26. The molecule has 3 aromatic carbocycles. The van der Waals surface area contributed by atoms with E-state index in [9.17, 15) is 13.5 Å². The molecule has 0 amide bonds. The second-order valence-corrected chi connectivity index (χ2v) is 9.71. The number of aromatic hydroxyl groups is 1. The van der Waals surface area contributed by atoms with E-state index in [1.807, 2.05) is 0 Å². The minimum atomic E-state index is -3.85. The number of nitrogens with zero attached hydrogens (tertiary/aromatic N) is 3. The van der Waals surface area contributed by atoms with Gasteiger partial charge in [0.05, 0.1) is 31.6 Å². The number of hydrogen-bond acceptors (Lipinski definition) is 6. The molecular formula is C18H13BrN4O3S2. The van der Waals surface area contributed by atoms with Crippen molar-refractivity contribution in [1.29, 1.82) is 0 Å². The molecule has 10 heteroatoms. The Labute approximate surface area is 173 Å². The van der Waals surface area contributed by atoms with Crippen LogP contribution >= 0.6 is 27.9 Å². The van der Waals surface area contributed by atoms with Gasteiger partial charge in [0.1, 0.15) is 12.1 Å². The first-order valence-corrected chi connectivity index (χ1v) is 11.0. The van der Waals surface area contributed by atoms with Crippen LogP contribution in [0.15, 0.2) is 81.9 Å². The molecule has 142 valence electrons. The SMILES string of the molecule is O=S(=O)(c1ccccc1)N(Br)c1cc(Sc2ncn[nH]2)c(O)c2ccccc12. The van der Waals surface area contributed by atoms with E-state index in [4.69, 9.17) is 0 Å². The third kappa shape index (κ3) is 3.34. The van der Waals surface area contributed by atoms with Crippen molar-refractivity contribution < 1.29 is 13.5 Å². The topological polar surface area (TPSA) is 99.2 Å². The molecule has 1 heterocycles. The van der Waals surface area contributed by atoms with Crippen LogP contribution in [0, 0.1) is 0 Å². The highest BCUT2D eigenvalue weighted by Crippen LogP contribution is 2.44. The van der Waals surface area contributed by atoms with Crippen LogP contribution in [0.25, 0.3) is 10.8 Å². The lowest BCUT2D eigenvalue weighted by Gasteiger charge is -2.20. The minimum absolute atomic E-state index is 0.0405. The highest BCUT2D eigenvalue weighted by atomic mass is 79.9. The molecule has 0 aliphatic carbocycles. The van der Waals surface area contributed by atoms with E-state index in [0.717, 1.165) is 15.1 Å². The van der Waals surface area contributed by atoms with Gasteiger partial charge in [-0.2, -0.15) is 8.43 Å². The average Bonchev–Trinajstić information content (AvgIpc) is 3.23. The fourth-order valence-electron chi connectivity index (χ4n) is 2.70. The summed E-state index contributed by atoms with van der Waals surface area (Å²) in [5.74, 6) is 0.0405. The van der Waals surface area contributed by atoms with Crippen LogP contribution in [0.4, 0.5) is 5.69 Å². The van der Waals surface area contributed by atoms with Gasteiger partial charge < -0.3 is 5.11 Å². The van der Waals surface area contributed by atoms with E-state index in [1.54, 1.807) is 48.5 Å². The number of anilines is 1. The van der Waals surface area contributed by atoms with Gasteiger partial charge in [0.2, 0.25) is 0 Å². The Morgan fingerprint density at radius 2 is 1.71 bits per heavy atom. The lowest BCUT2D eigenvalue weighted by atomic mass is 10.1. The van der Waals surface area contributed by atoms with Crippen molar-refractivity contribution in [3.8, 4) is 5.75 Å². The molecule has 4 rings (SSSR count). The molecule has 0 radical (unpaired) electrons. The summed E-state index contributed by atoms with van der Waals surface area (Å²) in [6.07, 6.45) is 1.36. The molecular weight excluding hydrogens is 464 g/mol. The zero-order valence-electron chi connectivity index (χ0n) is 14.2. The van der Waals surface area contributed by atoms with Gasteiger partial charge in [-0.15, -0.1) is 0 Å². The van der Waals surface area contributed by atoms with E-state index >= 15 is 0 Å². The second kappa shape index (κ2) is 7.46. The summed E-state index contributed by atoms with van der Waals surface area (Å²) in [6.45, 7) is 0. The van der Waals surface area contributed by atoms with Crippen molar-refractivity contribution in [2.24, 2.45) is 0 Å². The quantitative estimate of drug-likeness (QED) is 0.416. The highest BCUT2D eigenvalue weighted by molar-refractivity contribution is 9.11. The van der Waals surface area contributed by atoms with Crippen LogP contribution < -0.4 is 3.33 Å². The number of phenolic OH excluding ortho intramolecular Hbond substituents is 1. The smallest absolute Gasteiger partial charge is 0.273 e. The summed E-state index contributed by atoms with van der Waals surface area (Å²) < 4.78 is 27.2. The Hall–Kier alpha value is -2.56. The fourth-order valence-corrected chi connectivity index (χ4v) is 5.38. The van der Waals surface area contributed by atoms with Gasteiger partial charge in [-0.25, -0.2) is 13.4 Å². The monoisotopic (exact) mass is 476 g/mol. The summed E-state index contributed by atoms with van der Waals surface area (Å²) >= 11 is 4.37. The predicted molar refractivity (Wildman–Crippen MR) is 111 cm³/mol. The standard InChI is InChI=1S/C18H13BrN4O3S2/c19-23(28(25,26)12-6-2-1-3-7-12)15-10-16(27-18-20-11-21-22-18)17(24)14-9-5-4-8-13(14)15/h1-11,24H,(H,20,21,22). The second-order valence-electron chi connectivity index (χ2n) is 5.71. The molecule has 0 saturated carbocycles. The number of rotatable bonds is 5. The summed E-state index contributed by atoms with van der Waals surface area (Å²) in [6, 6.07) is 16.8. The summed E-state index contributed by atoms with van der Waals surface area (Å²) in [4.78, 5) is 4.63. The number of sulfonamides is 1. The van der Waals surface area contributed by atoms with Crippen LogP contribution in [-0.2, 0) is 10.0 Å². The van der Waals surface area contributed by atoms with E-state index < -0.39 is 10.0 Å². The van der Waals surface area contributed by atoms with Gasteiger partial charge in [-0.05, 0) is 30.0 Å². The van der Waals surface area contributed by atoms with Crippen molar-refractivity contribution in [3.05, 3.63) is 67.0 Å². The lowest BCUT2D eigenvalue weighted by Crippen LogP contribution is -2.21. The van der Waals surface area contributed by atoms with Crippen molar-refractivity contribution in [2.75, 3.05) is 3.33 Å². The number of halogens is 1. The number of phenols is 1. The Bertz CT molecular complexity index is 1230. The van der Waals surface area contributed by atoms with Gasteiger partial charge in [0, 0.05) is 10.8 Å². The molecule has 0 aliphatic rings. The van der Waals surface area contributed by atoms with Crippen molar-refractivity contribution in [2.45, 2.75) is 14.9 Å².